The molecule has 4 nitrogen and oxygen atoms in total. The molecule has 0 aromatic heterocycles. The van der Waals surface area contributed by atoms with Gasteiger partial charge in [0.2, 0.25) is 5.91 Å². The van der Waals surface area contributed by atoms with E-state index >= 15 is 0 Å². The van der Waals surface area contributed by atoms with Crippen molar-refractivity contribution in [3.63, 3.8) is 0 Å². The van der Waals surface area contributed by atoms with Gasteiger partial charge in [-0.05, 0) is 24.7 Å². The summed E-state index contributed by atoms with van der Waals surface area (Å²) in [7, 11) is 0. The van der Waals surface area contributed by atoms with E-state index in [1.54, 1.807) is 11.8 Å². The van der Waals surface area contributed by atoms with Crippen LogP contribution in [0.2, 0.25) is 0 Å². The summed E-state index contributed by atoms with van der Waals surface area (Å²) in [6.45, 7) is 3.92. The van der Waals surface area contributed by atoms with Crippen molar-refractivity contribution in [2.24, 2.45) is 0 Å². The largest absolute Gasteiger partial charge is 0.480 e. The number of hydrogen-bond donors (Lipinski definition) is 2. The summed E-state index contributed by atoms with van der Waals surface area (Å²) >= 11 is 1.56. The Hall–Kier alpha value is -1.49. The molecule has 0 aliphatic rings. The van der Waals surface area contributed by atoms with Crippen LogP contribution < -0.4 is 5.32 Å². The molecule has 0 bridgehead atoms. The first-order chi connectivity index (χ1) is 10.0. The number of carboxylic acid groups (broad SMARTS) is 1. The summed E-state index contributed by atoms with van der Waals surface area (Å²) < 4.78 is 0. The van der Waals surface area contributed by atoms with Crippen molar-refractivity contribution in [3.05, 3.63) is 35.9 Å². The van der Waals surface area contributed by atoms with E-state index in [4.69, 9.17) is 0 Å². The monoisotopic (exact) mass is 309 g/mol. The summed E-state index contributed by atoms with van der Waals surface area (Å²) in [6, 6.07) is 8.44. The second-order valence-electron chi connectivity index (χ2n) is 4.96. The summed E-state index contributed by atoms with van der Waals surface area (Å²) in [6.07, 6.45) is 2.45. The molecular formula is C16H23NO3S. The van der Waals surface area contributed by atoms with E-state index in [2.05, 4.69) is 12.2 Å². The van der Waals surface area contributed by atoms with Crippen LogP contribution in [0.3, 0.4) is 0 Å². The van der Waals surface area contributed by atoms with Gasteiger partial charge in [0.05, 0.1) is 5.25 Å². The van der Waals surface area contributed by atoms with E-state index in [9.17, 15) is 14.7 Å². The van der Waals surface area contributed by atoms with Crippen LogP contribution in [-0.2, 0) is 16.0 Å². The normalized spacial score (nSPS) is 13.4. The molecule has 0 radical (unpaired) electrons. The number of nitrogens with one attached hydrogen (secondary N) is 1. The van der Waals surface area contributed by atoms with Gasteiger partial charge in [-0.3, -0.25) is 4.79 Å². The fraction of sp³-hybridized carbons (Fsp3) is 0.500. The van der Waals surface area contributed by atoms with Crippen LogP contribution in [0.5, 0.6) is 0 Å². The van der Waals surface area contributed by atoms with Gasteiger partial charge in [-0.25, -0.2) is 4.79 Å². The number of thioether (sulfide) groups is 1. The summed E-state index contributed by atoms with van der Waals surface area (Å²) in [5, 5.41) is 11.7. The third-order valence-corrected chi connectivity index (χ3v) is 4.37. The fourth-order valence-electron chi connectivity index (χ4n) is 1.82. The molecule has 1 unspecified atom stereocenters. The lowest BCUT2D eigenvalue weighted by molar-refractivity contribution is -0.141. The molecule has 2 atom stereocenters. The molecule has 1 aromatic carbocycles. The second kappa shape index (κ2) is 9.45. The van der Waals surface area contributed by atoms with Crippen LogP contribution in [0.4, 0.5) is 0 Å². The minimum Gasteiger partial charge on any atom is -0.480 e. The van der Waals surface area contributed by atoms with Gasteiger partial charge in [0.25, 0.3) is 0 Å². The molecule has 0 aliphatic heterocycles. The summed E-state index contributed by atoms with van der Waals surface area (Å²) in [5.41, 5.74) is 0.900. The van der Waals surface area contributed by atoms with Crippen LogP contribution in [0.15, 0.2) is 30.3 Å². The lowest BCUT2D eigenvalue weighted by atomic mass is 10.1. The van der Waals surface area contributed by atoms with Gasteiger partial charge in [-0.15, -0.1) is 11.8 Å². The smallest absolute Gasteiger partial charge is 0.326 e. The minimum absolute atomic E-state index is 0.209. The number of unbranched alkanes of at least 4 members (excludes halogenated alkanes) is 1. The number of amides is 1. The lowest BCUT2D eigenvalue weighted by Crippen LogP contribution is -2.45. The maximum Gasteiger partial charge on any atom is 0.326 e. The van der Waals surface area contributed by atoms with Crippen molar-refractivity contribution in [1.29, 1.82) is 0 Å². The van der Waals surface area contributed by atoms with Gasteiger partial charge < -0.3 is 10.4 Å². The first-order valence-electron chi connectivity index (χ1n) is 7.23. The Morgan fingerprint density at radius 2 is 1.95 bits per heavy atom. The number of carbonyl (C=O) groups excluding carboxylic acids is 1. The standard InChI is InChI=1S/C16H23NO3S/c1-3-4-10-21-12(2)15(18)17-14(16(19)20)11-13-8-6-5-7-9-13/h5-9,12,14H,3-4,10-11H2,1-2H3,(H,17,18)(H,19,20)/t12?,14-/m1/s1. The van der Waals surface area contributed by atoms with Crippen molar-refractivity contribution in [2.75, 3.05) is 5.75 Å². The fourth-order valence-corrected chi connectivity index (χ4v) is 2.85. The summed E-state index contributed by atoms with van der Waals surface area (Å²) in [4.78, 5) is 23.3. The zero-order valence-corrected chi connectivity index (χ0v) is 13.4. The highest BCUT2D eigenvalue weighted by Crippen LogP contribution is 2.13. The Labute approximate surface area is 130 Å². The van der Waals surface area contributed by atoms with Crippen LogP contribution in [0.25, 0.3) is 0 Å². The second-order valence-corrected chi connectivity index (χ2v) is 6.40. The van der Waals surface area contributed by atoms with Crippen LogP contribution in [0, 0.1) is 0 Å². The number of hydrogen-bond acceptors (Lipinski definition) is 3. The van der Waals surface area contributed by atoms with E-state index < -0.39 is 12.0 Å². The Morgan fingerprint density at radius 1 is 1.29 bits per heavy atom. The maximum absolute atomic E-state index is 12.0. The lowest BCUT2D eigenvalue weighted by Gasteiger charge is -2.17. The molecular weight excluding hydrogens is 286 g/mol. The SMILES string of the molecule is CCCCSC(C)C(=O)N[C@H](Cc1ccccc1)C(=O)O. The highest BCUT2D eigenvalue weighted by molar-refractivity contribution is 8.00. The van der Waals surface area contributed by atoms with E-state index in [-0.39, 0.29) is 11.2 Å². The number of carboxylic acids is 1. The number of benzene rings is 1. The van der Waals surface area contributed by atoms with Gasteiger partial charge in [0.15, 0.2) is 0 Å². The zero-order chi connectivity index (χ0) is 15.7. The highest BCUT2D eigenvalue weighted by Gasteiger charge is 2.23. The predicted molar refractivity (Wildman–Crippen MR) is 86.5 cm³/mol. The molecule has 2 N–H and O–H groups in total. The van der Waals surface area contributed by atoms with Gasteiger partial charge in [0, 0.05) is 6.42 Å². The first kappa shape index (κ1) is 17.6. The zero-order valence-electron chi connectivity index (χ0n) is 12.5. The van der Waals surface area contributed by atoms with Crippen molar-refractivity contribution < 1.29 is 14.7 Å². The third kappa shape index (κ3) is 6.67. The summed E-state index contributed by atoms with van der Waals surface area (Å²) in [5.74, 6) is -0.293. The van der Waals surface area contributed by atoms with Crippen molar-refractivity contribution in [3.8, 4) is 0 Å². The molecule has 0 saturated carbocycles. The highest BCUT2D eigenvalue weighted by atomic mass is 32.2. The quantitative estimate of drug-likeness (QED) is 0.688. The topological polar surface area (TPSA) is 66.4 Å². The molecule has 5 heteroatoms. The molecule has 21 heavy (non-hydrogen) atoms. The number of aliphatic carboxylic acids is 1. The molecule has 1 aromatic rings. The Bertz CT molecular complexity index is 450. The van der Waals surface area contributed by atoms with E-state index in [0.717, 1.165) is 24.2 Å². The van der Waals surface area contributed by atoms with Gasteiger partial charge in [0.1, 0.15) is 6.04 Å². The third-order valence-electron chi connectivity index (χ3n) is 3.13. The van der Waals surface area contributed by atoms with Crippen molar-refractivity contribution in [2.45, 2.75) is 44.4 Å². The van der Waals surface area contributed by atoms with Crippen LogP contribution in [0.1, 0.15) is 32.3 Å². The molecule has 0 saturated heterocycles. The molecule has 0 heterocycles. The number of rotatable bonds is 9. The van der Waals surface area contributed by atoms with Crippen LogP contribution >= 0.6 is 11.8 Å². The van der Waals surface area contributed by atoms with Crippen molar-refractivity contribution in [1.82, 2.24) is 5.32 Å². The Balaban J connectivity index is 2.54. The molecule has 0 fully saturated rings. The first-order valence-corrected chi connectivity index (χ1v) is 8.28. The molecule has 0 aliphatic carbocycles. The molecule has 1 amide bonds. The maximum atomic E-state index is 12.0. The molecule has 0 spiro atoms. The van der Waals surface area contributed by atoms with E-state index in [1.165, 1.54) is 0 Å². The average Bonchev–Trinajstić information content (AvgIpc) is 2.47. The average molecular weight is 309 g/mol. The minimum atomic E-state index is -1.00. The Kier molecular flexibility index (Phi) is 7.90. The van der Waals surface area contributed by atoms with Crippen LogP contribution in [-0.4, -0.2) is 34.0 Å². The number of carbonyl (C=O) groups is 2. The predicted octanol–water partition coefficient (Wildman–Crippen LogP) is 2.72. The molecule has 116 valence electrons. The van der Waals surface area contributed by atoms with E-state index in [0.29, 0.717) is 6.42 Å². The van der Waals surface area contributed by atoms with Gasteiger partial charge in [-0.1, -0.05) is 43.7 Å². The molecule has 1 rings (SSSR count). The van der Waals surface area contributed by atoms with Crippen molar-refractivity contribution >= 4 is 23.6 Å². The van der Waals surface area contributed by atoms with E-state index in [1.807, 2.05) is 37.3 Å². The Morgan fingerprint density at radius 3 is 2.52 bits per heavy atom. The van der Waals surface area contributed by atoms with Gasteiger partial charge in [-0.2, -0.15) is 0 Å². The van der Waals surface area contributed by atoms with Gasteiger partial charge >= 0.3 is 5.97 Å².